The molecule has 1 atom stereocenters. The van der Waals surface area contributed by atoms with Gasteiger partial charge in [-0.3, -0.25) is 9.35 Å². The lowest BCUT2D eigenvalue weighted by Crippen LogP contribution is -2.46. The van der Waals surface area contributed by atoms with E-state index in [1.54, 1.807) is 0 Å². The first-order valence-corrected chi connectivity index (χ1v) is 7.23. The van der Waals surface area contributed by atoms with E-state index in [9.17, 15) is 26.0 Å². The van der Waals surface area contributed by atoms with Gasteiger partial charge in [-0.25, -0.2) is 12.8 Å². The Morgan fingerprint density at radius 2 is 1.69 bits per heavy atom. The van der Waals surface area contributed by atoms with Gasteiger partial charge in [-0.1, -0.05) is 0 Å². The number of ketones is 1. The Balaban J connectivity index is 5.91. The number of carbonyl (C=O) groups is 1. The molecule has 0 aromatic heterocycles. The van der Waals surface area contributed by atoms with Crippen LogP contribution < -0.4 is 0 Å². The van der Waals surface area contributed by atoms with Crippen molar-refractivity contribution in [2.75, 3.05) is 0 Å². The fourth-order valence-corrected chi connectivity index (χ4v) is 4.23. The fraction of sp³-hybridized carbons (Fsp3) is 0.857. The van der Waals surface area contributed by atoms with E-state index in [-0.39, 0.29) is 0 Å². The summed E-state index contributed by atoms with van der Waals surface area (Å²) >= 11 is 0. The predicted molar refractivity (Wildman–Crippen MR) is 54.7 cm³/mol. The van der Waals surface area contributed by atoms with Crippen LogP contribution in [0.15, 0.2) is 0 Å². The van der Waals surface area contributed by atoms with Crippen LogP contribution in [0.4, 0.5) is 4.39 Å². The highest BCUT2D eigenvalue weighted by Gasteiger charge is 2.57. The lowest BCUT2D eigenvalue weighted by Gasteiger charge is -2.23. The van der Waals surface area contributed by atoms with E-state index in [1.807, 2.05) is 0 Å². The van der Waals surface area contributed by atoms with Crippen molar-refractivity contribution in [3.8, 4) is 0 Å². The van der Waals surface area contributed by atoms with Crippen molar-refractivity contribution < 1.29 is 30.6 Å². The fourth-order valence-electron chi connectivity index (χ4n) is 0.988. The second-order valence-electron chi connectivity index (χ2n) is 3.61. The summed E-state index contributed by atoms with van der Waals surface area (Å²) in [5, 5.41) is -1.38. The lowest BCUT2D eigenvalue weighted by atomic mass is 10.3. The predicted octanol–water partition coefficient (Wildman–Crippen LogP) is 0.300. The van der Waals surface area contributed by atoms with Crippen LogP contribution in [-0.2, 0) is 24.7 Å². The van der Waals surface area contributed by atoms with Crippen LogP contribution in [0, 0.1) is 0 Å². The quantitative estimate of drug-likeness (QED) is 0.724. The Hall–Kier alpha value is -0.540. The number of sulfone groups is 1. The Morgan fingerprint density at radius 1 is 1.31 bits per heavy atom. The molecule has 0 bridgehead atoms. The zero-order chi connectivity index (χ0) is 13.4. The molecular weight excluding hydrogens is 263 g/mol. The Labute approximate surface area is 93.5 Å². The third-order valence-electron chi connectivity index (χ3n) is 1.89. The largest absolute Gasteiger partial charge is 0.340 e. The number of carbonyl (C=O) groups excluding carboxylic acids is 1. The van der Waals surface area contributed by atoms with Gasteiger partial charge in [0.25, 0.3) is 0 Å². The first-order chi connectivity index (χ1) is 6.86. The van der Waals surface area contributed by atoms with Gasteiger partial charge in [0, 0.05) is 0 Å². The third kappa shape index (κ3) is 2.58. The molecular formula is C7H13FO6S2. The van der Waals surface area contributed by atoms with Gasteiger partial charge < -0.3 is 0 Å². The summed E-state index contributed by atoms with van der Waals surface area (Å²) < 4.78 is 63.1. The second kappa shape index (κ2) is 4.38. The molecule has 0 fully saturated rings. The zero-order valence-corrected chi connectivity index (χ0v) is 10.6. The van der Waals surface area contributed by atoms with Gasteiger partial charge in [-0.05, 0) is 20.8 Å². The number of halogens is 1. The van der Waals surface area contributed by atoms with Gasteiger partial charge >= 0.3 is 14.5 Å². The van der Waals surface area contributed by atoms with Gasteiger partial charge in [-0.15, -0.1) is 0 Å². The van der Waals surface area contributed by atoms with Crippen molar-refractivity contribution in [2.45, 2.75) is 36.8 Å². The summed E-state index contributed by atoms with van der Waals surface area (Å²) in [6.45, 7) is 2.93. The normalized spacial score (nSPS) is 17.1. The van der Waals surface area contributed by atoms with Gasteiger partial charge in [-0.2, -0.15) is 8.42 Å². The summed E-state index contributed by atoms with van der Waals surface area (Å²) in [6.07, 6.45) is -1.42. The van der Waals surface area contributed by atoms with Crippen molar-refractivity contribution in [2.24, 2.45) is 0 Å². The van der Waals surface area contributed by atoms with E-state index in [4.69, 9.17) is 4.55 Å². The molecule has 9 heteroatoms. The van der Waals surface area contributed by atoms with Crippen LogP contribution in [0.2, 0.25) is 0 Å². The first kappa shape index (κ1) is 15.5. The van der Waals surface area contributed by atoms with Crippen LogP contribution in [0.25, 0.3) is 0 Å². The highest BCUT2D eigenvalue weighted by molar-refractivity contribution is 8.08. The smallest absolute Gasteiger partial charge is 0.300 e. The molecule has 0 aliphatic heterocycles. The number of Topliss-reactive ketones (excluding diaryl/α,β-unsaturated/α-hetero) is 1. The van der Waals surface area contributed by atoms with E-state index in [2.05, 4.69) is 0 Å². The minimum atomic E-state index is -5.54. The van der Waals surface area contributed by atoms with Gasteiger partial charge in [0.05, 0.1) is 11.7 Å². The van der Waals surface area contributed by atoms with E-state index >= 15 is 0 Å². The lowest BCUT2D eigenvalue weighted by molar-refractivity contribution is -0.117. The summed E-state index contributed by atoms with van der Waals surface area (Å²) in [6, 6.07) is 0. The van der Waals surface area contributed by atoms with E-state index in [0.717, 1.165) is 20.8 Å². The topological polar surface area (TPSA) is 106 Å². The van der Waals surface area contributed by atoms with Crippen molar-refractivity contribution in [1.82, 2.24) is 0 Å². The van der Waals surface area contributed by atoms with Crippen LogP contribution in [-0.4, -0.2) is 36.8 Å². The van der Waals surface area contributed by atoms with E-state index in [0.29, 0.717) is 0 Å². The van der Waals surface area contributed by atoms with Crippen LogP contribution in [0.1, 0.15) is 27.2 Å². The standard InChI is InChI=1S/C7H13FO6S2/c1-5(2)15(10,11)7(8,4-6(3)9)16(12,13)14/h5H,4H2,1-3H3,(H,12,13,14). The molecule has 6 nitrogen and oxygen atoms in total. The Kier molecular flexibility index (Phi) is 4.23. The molecule has 0 rings (SSSR count). The van der Waals surface area contributed by atoms with Crippen LogP contribution in [0.3, 0.4) is 0 Å². The molecule has 0 saturated heterocycles. The second-order valence-corrected chi connectivity index (χ2v) is 8.14. The highest BCUT2D eigenvalue weighted by Crippen LogP contribution is 2.33. The Bertz CT molecular complexity index is 477. The molecule has 96 valence electrons. The van der Waals surface area contributed by atoms with E-state index in [1.165, 1.54) is 0 Å². The maximum Gasteiger partial charge on any atom is 0.340 e. The molecule has 0 aromatic rings. The molecule has 0 radical (unpaired) electrons. The number of alkyl halides is 1. The molecule has 0 aliphatic carbocycles. The summed E-state index contributed by atoms with van der Waals surface area (Å²) in [5.41, 5.74) is 0. The van der Waals surface area contributed by atoms with Gasteiger partial charge in [0.15, 0.2) is 0 Å². The van der Waals surface area contributed by atoms with Crippen LogP contribution >= 0.6 is 0 Å². The van der Waals surface area contributed by atoms with Gasteiger partial charge in [0.1, 0.15) is 5.78 Å². The average molecular weight is 276 g/mol. The molecule has 0 spiro atoms. The minimum absolute atomic E-state index is 0.829. The average Bonchev–Trinajstić information content (AvgIpc) is 1.99. The molecule has 0 aliphatic rings. The highest BCUT2D eigenvalue weighted by atomic mass is 32.3. The minimum Gasteiger partial charge on any atom is -0.300 e. The molecule has 0 saturated carbocycles. The van der Waals surface area contributed by atoms with Gasteiger partial charge in [0.2, 0.25) is 9.84 Å². The van der Waals surface area contributed by atoms with Crippen molar-refractivity contribution in [3.63, 3.8) is 0 Å². The molecule has 16 heavy (non-hydrogen) atoms. The van der Waals surface area contributed by atoms with Crippen molar-refractivity contribution in [3.05, 3.63) is 0 Å². The maximum absolute atomic E-state index is 13.9. The molecule has 0 aromatic carbocycles. The third-order valence-corrected chi connectivity index (χ3v) is 6.37. The molecule has 1 unspecified atom stereocenters. The summed E-state index contributed by atoms with van der Waals surface area (Å²) in [4.78, 5) is 10.7. The number of rotatable bonds is 5. The maximum atomic E-state index is 13.9. The summed E-state index contributed by atoms with van der Waals surface area (Å²) in [7, 11) is -10.4. The molecule has 1 N–H and O–H groups in total. The molecule has 0 heterocycles. The Morgan fingerprint density at radius 3 is 1.88 bits per heavy atom. The first-order valence-electron chi connectivity index (χ1n) is 4.25. The molecule has 0 amide bonds. The van der Waals surface area contributed by atoms with Crippen molar-refractivity contribution >= 4 is 25.7 Å². The van der Waals surface area contributed by atoms with Crippen molar-refractivity contribution in [1.29, 1.82) is 0 Å². The summed E-state index contributed by atoms with van der Waals surface area (Å²) in [5.74, 6) is -0.996. The SMILES string of the molecule is CC(=O)CC(F)(S(=O)(=O)O)S(=O)(=O)C(C)C. The number of hydrogen-bond donors (Lipinski definition) is 1. The zero-order valence-electron chi connectivity index (χ0n) is 8.97. The van der Waals surface area contributed by atoms with Crippen LogP contribution in [0.5, 0.6) is 0 Å². The number of hydrogen-bond acceptors (Lipinski definition) is 5. The van der Waals surface area contributed by atoms with E-state index < -0.39 is 41.7 Å². The monoisotopic (exact) mass is 276 g/mol.